The lowest BCUT2D eigenvalue weighted by atomic mass is 10.3. The van der Waals surface area contributed by atoms with E-state index in [1.807, 2.05) is 6.92 Å². The lowest BCUT2D eigenvalue weighted by Crippen LogP contribution is -2.16. The molecule has 5 nitrogen and oxygen atoms in total. The van der Waals surface area contributed by atoms with Crippen molar-refractivity contribution in [1.29, 1.82) is 0 Å². The Morgan fingerprint density at radius 3 is 2.07 bits per heavy atom. The molecule has 0 atom stereocenters. The van der Waals surface area contributed by atoms with Crippen LogP contribution < -0.4 is 0 Å². The Labute approximate surface area is 88.3 Å². The molecule has 0 aromatic carbocycles. The normalized spacial score (nSPS) is 9.53. The summed E-state index contributed by atoms with van der Waals surface area (Å²) in [6, 6.07) is 0. The van der Waals surface area contributed by atoms with Crippen molar-refractivity contribution >= 4 is 11.9 Å². The minimum atomic E-state index is -0.790. The molecule has 0 amide bonds. The number of carbonyl (C=O) groups excluding carboxylic acids is 2. The molecule has 0 saturated heterocycles. The van der Waals surface area contributed by atoms with Crippen LogP contribution in [0.3, 0.4) is 0 Å². The predicted octanol–water partition coefficient (Wildman–Crippen LogP) is 0.809. The number of rotatable bonds is 5. The SMILES string of the molecule is C/C=C/COC=C(C(=O)OC)C(=O)OC. The van der Waals surface area contributed by atoms with E-state index in [2.05, 4.69) is 9.47 Å². The maximum atomic E-state index is 11.1. The average Bonchev–Trinajstić information content (AvgIpc) is 2.27. The summed E-state index contributed by atoms with van der Waals surface area (Å²) in [5.41, 5.74) is -0.274. The molecule has 5 heteroatoms. The van der Waals surface area contributed by atoms with E-state index in [4.69, 9.17) is 4.74 Å². The predicted molar refractivity (Wildman–Crippen MR) is 52.9 cm³/mol. The third-order valence-electron chi connectivity index (χ3n) is 1.44. The largest absolute Gasteiger partial charge is 0.496 e. The highest BCUT2D eigenvalue weighted by Gasteiger charge is 2.20. The fraction of sp³-hybridized carbons (Fsp3) is 0.400. The second-order valence-corrected chi connectivity index (χ2v) is 2.42. The van der Waals surface area contributed by atoms with Gasteiger partial charge in [-0.1, -0.05) is 12.2 Å². The highest BCUT2D eigenvalue weighted by Crippen LogP contribution is 2.01. The first-order valence-corrected chi connectivity index (χ1v) is 4.26. The number of allylic oxidation sites excluding steroid dienone is 1. The van der Waals surface area contributed by atoms with Gasteiger partial charge in [0.05, 0.1) is 14.2 Å². The third kappa shape index (κ3) is 4.85. The molecule has 0 saturated carbocycles. The van der Waals surface area contributed by atoms with Gasteiger partial charge in [-0.15, -0.1) is 0 Å². The maximum Gasteiger partial charge on any atom is 0.348 e. The summed E-state index contributed by atoms with van der Waals surface area (Å²) in [7, 11) is 2.34. The average molecular weight is 214 g/mol. The van der Waals surface area contributed by atoms with Crippen molar-refractivity contribution in [2.75, 3.05) is 20.8 Å². The lowest BCUT2D eigenvalue weighted by molar-refractivity contribution is -0.144. The number of ether oxygens (including phenoxy) is 3. The van der Waals surface area contributed by atoms with Gasteiger partial charge < -0.3 is 14.2 Å². The van der Waals surface area contributed by atoms with E-state index in [0.29, 0.717) is 0 Å². The molecule has 0 aliphatic heterocycles. The summed E-state index contributed by atoms with van der Waals surface area (Å²) >= 11 is 0. The van der Waals surface area contributed by atoms with Crippen molar-refractivity contribution in [2.45, 2.75) is 6.92 Å². The van der Waals surface area contributed by atoms with E-state index in [1.165, 1.54) is 14.2 Å². The fourth-order valence-corrected chi connectivity index (χ4v) is 0.683. The highest BCUT2D eigenvalue weighted by atomic mass is 16.5. The molecule has 0 aliphatic rings. The van der Waals surface area contributed by atoms with Crippen LogP contribution >= 0.6 is 0 Å². The molecule has 0 spiro atoms. The standard InChI is InChI=1S/C10H14O5/c1-4-5-6-15-7-8(9(11)13-2)10(12)14-3/h4-5,7H,6H2,1-3H3/b5-4+. The van der Waals surface area contributed by atoms with Crippen molar-refractivity contribution in [3.8, 4) is 0 Å². The lowest BCUT2D eigenvalue weighted by Gasteiger charge is -2.03. The summed E-state index contributed by atoms with van der Waals surface area (Å²) in [4.78, 5) is 22.2. The Bertz CT molecular complexity index is 260. The zero-order chi connectivity index (χ0) is 11.7. The Morgan fingerprint density at radius 1 is 1.13 bits per heavy atom. The molecule has 0 heterocycles. The number of carbonyl (C=O) groups is 2. The highest BCUT2D eigenvalue weighted by molar-refractivity contribution is 6.13. The summed E-state index contributed by atoms with van der Waals surface area (Å²) in [5, 5.41) is 0. The Kier molecular flexibility index (Phi) is 6.70. The van der Waals surface area contributed by atoms with E-state index in [1.54, 1.807) is 12.2 Å². The van der Waals surface area contributed by atoms with Crippen LogP contribution in [0.4, 0.5) is 0 Å². The first kappa shape index (κ1) is 13.2. The summed E-state index contributed by atoms with van der Waals surface area (Å²) in [6.07, 6.45) is 4.53. The van der Waals surface area contributed by atoms with E-state index in [-0.39, 0.29) is 12.2 Å². The smallest absolute Gasteiger partial charge is 0.348 e. The van der Waals surface area contributed by atoms with Gasteiger partial charge in [-0.05, 0) is 6.92 Å². The van der Waals surface area contributed by atoms with Crippen LogP contribution in [-0.4, -0.2) is 32.8 Å². The van der Waals surface area contributed by atoms with Crippen LogP contribution in [0.15, 0.2) is 24.0 Å². The summed E-state index contributed by atoms with van der Waals surface area (Å²) < 4.78 is 13.7. The molecule has 15 heavy (non-hydrogen) atoms. The summed E-state index contributed by atoms with van der Waals surface area (Å²) in [5.74, 6) is -1.58. The van der Waals surface area contributed by atoms with Crippen molar-refractivity contribution in [3.05, 3.63) is 24.0 Å². The van der Waals surface area contributed by atoms with Gasteiger partial charge in [0.2, 0.25) is 0 Å². The Morgan fingerprint density at radius 2 is 1.67 bits per heavy atom. The molecule has 0 unspecified atom stereocenters. The third-order valence-corrected chi connectivity index (χ3v) is 1.44. The maximum absolute atomic E-state index is 11.1. The molecular weight excluding hydrogens is 200 g/mol. The molecule has 0 aromatic rings. The molecule has 0 aliphatic carbocycles. The number of methoxy groups -OCH3 is 2. The quantitative estimate of drug-likeness (QED) is 0.129. The van der Waals surface area contributed by atoms with Crippen LogP contribution in [0.25, 0.3) is 0 Å². The van der Waals surface area contributed by atoms with Gasteiger partial charge in [0.1, 0.15) is 12.9 Å². The van der Waals surface area contributed by atoms with E-state index in [9.17, 15) is 9.59 Å². The van der Waals surface area contributed by atoms with Gasteiger partial charge in [-0.2, -0.15) is 0 Å². The van der Waals surface area contributed by atoms with Crippen LogP contribution in [0, 0.1) is 0 Å². The van der Waals surface area contributed by atoms with Crippen LogP contribution in [0.5, 0.6) is 0 Å². The van der Waals surface area contributed by atoms with Crippen molar-refractivity contribution in [2.24, 2.45) is 0 Å². The van der Waals surface area contributed by atoms with Gasteiger partial charge in [0.15, 0.2) is 5.57 Å². The van der Waals surface area contributed by atoms with Gasteiger partial charge in [-0.25, -0.2) is 9.59 Å². The van der Waals surface area contributed by atoms with Crippen molar-refractivity contribution in [1.82, 2.24) is 0 Å². The monoisotopic (exact) mass is 214 g/mol. The zero-order valence-electron chi connectivity index (χ0n) is 8.98. The van der Waals surface area contributed by atoms with Crippen LogP contribution in [-0.2, 0) is 23.8 Å². The summed E-state index contributed by atoms with van der Waals surface area (Å²) in [6.45, 7) is 2.10. The second-order valence-electron chi connectivity index (χ2n) is 2.42. The first-order chi connectivity index (χ1) is 7.17. The van der Waals surface area contributed by atoms with Gasteiger partial charge in [-0.3, -0.25) is 0 Å². The van der Waals surface area contributed by atoms with Gasteiger partial charge in [0, 0.05) is 0 Å². The molecule has 0 N–H and O–H groups in total. The van der Waals surface area contributed by atoms with Crippen LogP contribution in [0.1, 0.15) is 6.92 Å². The number of hydrogen-bond acceptors (Lipinski definition) is 5. The fourth-order valence-electron chi connectivity index (χ4n) is 0.683. The second kappa shape index (κ2) is 7.61. The molecule has 0 bridgehead atoms. The van der Waals surface area contributed by atoms with E-state index in [0.717, 1.165) is 6.26 Å². The molecule has 84 valence electrons. The van der Waals surface area contributed by atoms with Crippen molar-refractivity contribution < 1.29 is 23.8 Å². The molecule has 0 fully saturated rings. The minimum Gasteiger partial charge on any atom is -0.496 e. The van der Waals surface area contributed by atoms with Gasteiger partial charge >= 0.3 is 11.9 Å². The van der Waals surface area contributed by atoms with Crippen LogP contribution in [0.2, 0.25) is 0 Å². The number of hydrogen-bond donors (Lipinski definition) is 0. The molecule has 0 aromatic heterocycles. The molecule has 0 rings (SSSR count). The Balaban J connectivity index is 4.48. The Hall–Kier alpha value is -1.78. The van der Waals surface area contributed by atoms with Crippen molar-refractivity contribution in [3.63, 3.8) is 0 Å². The number of esters is 2. The first-order valence-electron chi connectivity index (χ1n) is 4.26. The van der Waals surface area contributed by atoms with E-state index < -0.39 is 11.9 Å². The van der Waals surface area contributed by atoms with E-state index >= 15 is 0 Å². The zero-order valence-corrected chi connectivity index (χ0v) is 8.98. The van der Waals surface area contributed by atoms with Gasteiger partial charge in [0.25, 0.3) is 0 Å². The molecule has 0 radical (unpaired) electrons. The molecular formula is C10H14O5. The minimum absolute atomic E-state index is 0.272. The topological polar surface area (TPSA) is 61.8 Å².